The van der Waals surface area contributed by atoms with Gasteiger partial charge in [-0.2, -0.15) is 13.2 Å². The molecule has 2 heterocycles. The number of alkyl halides is 3. The van der Waals surface area contributed by atoms with Crippen LogP contribution in [0, 0.1) is 0 Å². The van der Waals surface area contributed by atoms with E-state index < -0.39 is 17.7 Å². The van der Waals surface area contributed by atoms with Gasteiger partial charge in [0.05, 0.1) is 11.7 Å². The monoisotopic (exact) mass is 555 g/mol. The van der Waals surface area contributed by atoms with Crippen molar-refractivity contribution in [2.24, 2.45) is 0 Å². The molecule has 0 unspecified atom stereocenters. The van der Waals surface area contributed by atoms with Gasteiger partial charge >= 0.3 is 12.1 Å². The van der Waals surface area contributed by atoms with E-state index in [2.05, 4.69) is 4.90 Å². The third-order valence-corrected chi connectivity index (χ3v) is 5.87. The highest BCUT2D eigenvalue weighted by Gasteiger charge is 2.35. The van der Waals surface area contributed by atoms with Crippen LogP contribution >= 0.6 is 12.4 Å². The second-order valence-electron chi connectivity index (χ2n) is 9.09. The molecular weight excluding hydrogens is 523 g/mol. The molecule has 2 aromatic carbocycles. The van der Waals surface area contributed by atoms with Gasteiger partial charge in [-0.3, -0.25) is 4.90 Å². The van der Waals surface area contributed by atoms with E-state index >= 15 is 0 Å². The van der Waals surface area contributed by atoms with Crippen LogP contribution in [0.3, 0.4) is 0 Å². The second-order valence-corrected chi connectivity index (χ2v) is 9.09. The first-order valence-electron chi connectivity index (χ1n) is 11.7. The van der Waals surface area contributed by atoms with Crippen molar-refractivity contribution in [2.45, 2.75) is 46.6 Å². The largest absolute Gasteiger partial charge is 0.490 e. The first kappa shape index (κ1) is 31.1. The molecule has 0 fully saturated rings. The summed E-state index contributed by atoms with van der Waals surface area (Å²) in [5, 5.41) is 9.09. The fourth-order valence-corrected chi connectivity index (χ4v) is 4.12. The Morgan fingerprint density at radius 2 is 1.95 bits per heavy atom. The number of carbonyl (C=O) groups is 1. The molecule has 1 N–H and O–H groups in total. The molecule has 4 rings (SSSR count). The maximum atomic E-state index is 13.5. The molecule has 0 atom stereocenters. The lowest BCUT2D eigenvalue weighted by molar-refractivity contribution is -0.139. The average Bonchev–Trinajstić information content (AvgIpc) is 2.82. The van der Waals surface area contributed by atoms with E-state index in [1.54, 1.807) is 38.1 Å². The number of carboxylic acid groups (broad SMARTS) is 1. The molecule has 0 spiro atoms. The van der Waals surface area contributed by atoms with Crippen LogP contribution in [0.2, 0.25) is 0 Å². The zero-order valence-corrected chi connectivity index (χ0v) is 21.3. The summed E-state index contributed by atoms with van der Waals surface area (Å²) in [5.74, 6) is 0.0670. The number of carboxylic acids is 1. The van der Waals surface area contributed by atoms with Gasteiger partial charge in [-0.1, -0.05) is 19.6 Å². The fraction of sp³-hybridized carbons (Fsp3) is 0.393. The van der Waals surface area contributed by atoms with Crippen LogP contribution in [0.25, 0.3) is 6.08 Å². The summed E-state index contributed by atoms with van der Waals surface area (Å²) in [6, 6.07) is 9.27. The summed E-state index contributed by atoms with van der Waals surface area (Å²) in [6.07, 6.45) is -0.607. The van der Waals surface area contributed by atoms with E-state index in [0.717, 1.165) is 17.2 Å². The predicted molar refractivity (Wildman–Crippen MR) is 142 cm³/mol. The molecule has 6 nitrogen and oxygen atoms in total. The molecule has 38 heavy (non-hydrogen) atoms. The van der Waals surface area contributed by atoms with Crippen LogP contribution in [0.15, 0.2) is 53.6 Å². The quantitative estimate of drug-likeness (QED) is 0.395. The third-order valence-electron chi connectivity index (χ3n) is 5.87. The lowest BCUT2D eigenvalue weighted by Crippen LogP contribution is -2.33. The number of aliphatic carboxylic acids is 1. The van der Waals surface area contributed by atoms with E-state index in [1.807, 2.05) is 12.1 Å². The molecule has 0 radical (unpaired) electrons. The lowest BCUT2D eigenvalue weighted by atomic mass is 10.0. The van der Waals surface area contributed by atoms with E-state index in [-0.39, 0.29) is 38.3 Å². The molecule has 2 aliphatic heterocycles. The van der Waals surface area contributed by atoms with Crippen molar-refractivity contribution >= 4 is 24.5 Å². The molecule has 0 aliphatic carbocycles. The molecule has 2 aromatic rings. The predicted octanol–water partition coefficient (Wildman–Crippen LogP) is 6.62. The van der Waals surface area contributed by atoms with Crippen molar-refractivity contribution in [3.63, 3.8) is 0 Å². The Balaban J connectivity index is 0.00000253. The Morgan fingerprint density at radius 1 is 1.18 bits per heavy atom. The summed E-state index contributed by atoms with van der Waals surface area (Å²) < 4.78 is 57.4. The van der Waals surface area contributed by atoms with Gasteiger partial charge in [0, 0.05) is 36.8 Å². The maximum absolute atomic E-state index is 13.5. The van der Waals surface area contributed by atoms with E-state index in [1.165, 1.54) is 6.07 Å². The van der Waals surface area contributed by atoms with Crippen LogP contribution in [0.5, 0.6) is 17.2 Å². The van der Waals surface area contributed by atoms with Crippen LogP contribution in [0.4, 0.5) is 13.2 Å². The second kappa shape index (κ2) is 13.1. The Bertz CT molecular complexity index is 1190. The van der Waals surface area contributed by atoms with Crippen molar-refractivity contribution in [1.29, 1.82) is 0 Å². The minimum atomic E-state index is -4.53. The summed E-state index contributed by atoms with van der Waals surface area (Å²) in [4.78, 5) is 13.2. The van der Waals surface area contributed by atoms with Crippen LogP contribution in [-0.2, 0) is 17.6 Å². The van der Waals surface area contributed by atoms with Gasteiger partial charge in [0.15, 0.2) is 0 Å². The Labute approximate surface area is 227 Å². The zero-order valence-electron chi connectivity index (χ0n) is 20.5. The first-order valence-corrected chi connectivity index (χ1v) is 11.7. The van der Waals surface area contributed by atoms with E-state index in [0.29, 0.717) is 55.3 Å². The number of rotatable bonds is 8. The smallest absolute Gasteiger partial charge is 0.419 e. The normalized spacial score (nSPS) is 15.2. The van der Waals surface area contributed by atoms with Gasteiger partial charge < -0.3 is 19.3 Å². The molecule has 0 aromatic heterocycles. The molecule has 0 amide bonds. The highest BCUT2D eigenvalue weighted by molar-refractivity contribution is 5.86. The van der Waals surface area contributed by atoms with Crippen molar-refractivity contribution < 1.29 is 37.3 Å². The first-order chi connectivity index (χ1) is 17.1. The van der Waals surface area contributed by atoms with Crippen LogP contribution in [0.1, 0.15) is 44.4 Å². The molecule has 0 saturated carbocycles. The topological polar surface area (TPSA) is 68.2 Å². The molecule has 10 heteroatoms. The number of hydrogen-bond donors (Lipinski definition) is 1. The van der Waals surface area contributed by atoms with Crippen molar-refractivity contribution in [2.75, 3.05) is 26.2 Å². The number of halogens is 4. The molecule has 2 aliphatic rings. The molecule has 0 bridgehead atoms. The minimum absolute atomic E-state index is 0. The summed E-state index contributed by atoms with van der Waals surface area (Å²) in [7, 11) is 0. The van der Waals surface area contributed by atoms with Gasteiger partial charge in [0.25, 0.3) is 0 Å². The van der Waals surface area contributed by atoms with E-state index in [9.17, 15) is 18.0 Å². The van der Waals surface area contributed by atoms with Gasteiger partial charge in [-0.15, -0.1) is 12.4 Å². The summed E-state index contributed by atoms with van der Waals surface area (Å²) in [6.45, 7) is 5.65. The zero-order chi connectivity index (χ0) is 25.9. The highest BCUT2D eigenvalue weighted by Crippen LogP contribution is 2.38. The maximum Gasteiger partial charge on any atom is 0.419 e. The number of fused-ring (bicyclic) bond motifs is 1. The van der Waals surface area contributed by atoms with Gasteiger partial charge in [-0.05, 0) is 61.7 Å². The lowest BCUT2D eigenvalue weighted by Gasteiger charge is -2.27. The number of ether oxygens (including phenoxy) is 3. The van der Waals surface area contributed by atoms with Crippen molar-refractivity contribution in [1.82, 2.24) is 4.90 Å². The minimum Gasteiger partial charge on any atom is -0.490 e. The highest BCUT2D eigenvalue weighted by atomic mass is 35.5. The fourth-order valence-electron chi connectivity index (χ4n) is 4.12. The van der Waals surface area contributed by atoms with Gasteiger partial charge in [0.2, 0.25) is 0 Å². The molecule has 0 saturated heterocycles. The third kappa shape index (κ3) is 7.91. The van der Waals surface area contributed by atoms with Crippen LogP contribution in [-0.4, -0.2) is 48.3 Å². The Hall–Kier alpha value is -3.17. The standard InChI is InChI=1S/C27H28F3NO5.CH4.ClH/c1-17(2)36-24-6-3-18(12-23(24)27(28,29)30)15-34-22-5-4-21-11-19(16-35-25(21)13-22)14-31-9-7-20(8-10-31)26(32)33;;/h3-7,11-13,17H,8-10,14-16H2,1-2H3,(H,32,33);1H4;1H. The van der Waals surface area contributed by atoms with Crippen molar-refractivity contribution in [3.05, 3.63) is 70.3 Å². The Morgan fingerprint density at radius 3 is 2.58 bits per heavy atom. The number of nitrogens with zero attached hydrogens (tertiary/aromatic N) is 1. The molecular formula is C28H33ClF3NO5. The Kier molecular flexibility index (Phi) is 10.7. The summed E-state index contributed by atoms with van der Waals surface area (Å²) in [5.41, 5.74) is 1.96. The van der Waals surface area contributed by atoms with Crippen LogP contribution < -0.4 is 14.2 Å². The average molecular weight is 556 g/mol. The number of hydrogen-bond acceptors (Lipinski definition) is 5. The summed E-state index contributed by atoms with van der Waals surface area (Å²) >= 11 is 0. The van der Waals surface area contributed by atoms with Crippen molar-refractivity contribution in [3.8, 4) is 17.2 Å². The SMILES string of the molecule is C.CC(C)Oc1ccc(COc2ccc3c(c2)OCC(CN2CC=C(C(=O)O)CC2)=C3)cc1C(F)(F)F.Cl. The molecule has 208 valence electrons. The van der Waals surface area contributed by atoms with Gasteiger partial charge in [-0.25, -0.2) is 4.79 Å². The van der Waals surface area contributed by atoms with E-state index in [4.69, 9.17) is 19.3 Å². The number of benzene rings is 2. The van der Waals surface area contributed by atoms with Gasteiger partial charge in [0.1, 0.15) is 30.5 Å².